The van der Waals surface area contributed by atoms with Gasteiger partial charge < -0.3 is 14.2 Å². The van der Waals surface area contributed by atoms with Crippen LogP contribution in [0.4, 0.5) is 0 Å². The van der Waals surface area contributed by atoms with E-state index >= 15 is 0 Å². The molecule has 3 atom stereocenters. The summed E-state index contributed by atoms with van der Waals surface area (Å²) in [5.41, 5.74) is 2.31. The molecule has 0 aliphatic carbocycles. The lowest BCUT2D eigenvalue weighted by Crippen LogP contribution is -2.35. The van der Waals surface area contributed by atoms with E-state index in [-0.39, 0.29) is 18.5 Å². The molecule has 1 aliphatic rings. The molecule has 28 heavy (non-hydrogen) atoms. The second-order valence-corrected chi connectivity index (χ2v) is 8.32. The first kappa shape index (κ1) is 21.4. The van der Waals surface area contributed by atoms with Crippen LogP contribution >= 0.6 is 23.2 Å². The second-order valence-electron chi connectivity index (χ2n) is 7.45. The van der Waals surface area contributed by atoms with Crippen molar-refractivity contribution in [2.75, 3.05) is 6.61 Å². The van der Waals surface area contributed by atoms with Gasteiger partial charge in [-0.2, -0.15) is 0 Å². The van der Waals surface area contributed by atoms with Crippen molar-refractivity contribution in [3.05, 3.63) is 63.6 Å². The van der Waals surface area contributed by atoms with Gasteiger partial charge in [-0.3, -0.25) is 0 Å². The fourth-order valence-electron chi connectivity index (χ4n) is 3.39. The highest BCUT2D eigenvalue weighted by atomic mass is 35.5. The third-order valence-electron chi connectivity index (χ3n) is 5.01. The summed E-state index contributed by atoms with van der Waals surface area (Å²) in [6.07, 6.45) is 4.96. The first-order valence-electron chi connectivity index (χ1n) is 9.94. The molecule has 0 saturated carbocycles. The number of rotatable bonds is 8. The van der Waals surface area contributed by atoms with Crippen LogP contribution in [-0.2, 0) is 15.9 Å². The van der Waals surface area contributed by atoms with Gasteiger partial charge in [-0.25, -0.2) is 0 Å². The molecule has 2 aromatic carbocycles. The molecule has 3 rings (SSSR count). The number of aryl methyl sites for hydroxylation is 2. The zero-order valence-electron chi connectivity index (χ0n) is 16.5. The summed E-state index contributed by atoms with van der Waals surface area (Å²) >= 11 is 11.9. The maximum atomic E-state index is 6.14. The highest BCUT2D eigenvalue weighted by Crippen LogP contribution is 2.25. The third-order valence-corrected chi connectivity index (χ3v) is 5.50. The third kappa shape index (κ3) is 6.66. The van der Waals surface area contributed by atoms with Crippen molar-refractivity contribution in [3.63, 3.8) is 0 Å². The Bertz CT molecular complexity index is 748. The van der Waals surface area contributed by atoms with Crippen LogP contribution in [0.15, 0.2) is 42.5 Å². The molecule has 1 aliphatic heterocycles. The minimum atomic E-state index is -0.158. The van der Waals surface area contributed by atoms with Crippen LogP contribution in [0.1, 0.15) is 43.7 Å². The molecular formula is C23H28Cl2O3. The van der Waals surface area contributed by atoms with Crippen molar-refractivity contribution in [2.24, 2.45) is 0 Å². The van der Waals surface area contributed by atoms with Crippen LogP contribution in [-0.4, -0.2) is 25.1 Å². The van der Waals surface area contributed by atoms with Gasteiger partial charge in [0.1, 0.15) is 12.4 Å². The molecule has 152 valence electrons. The Kier molecular flexibility index (Phi) is 8.04. The van der Waals surface area contributed by atoms with E-state index in [1.165, 1.54) is 5.56 Å². The molecule has 3 unspecified atom stereocenters. The normalized spacial score (nSPS) is 20.7. The zero-order chi connectivity index (χ0) is 19.9. The van der Waals surface area contributed by atoms with Gasteiger partial charge in [0, 0.05) is 10.0 Å². The van der Waals surface area contributed by atoms with Gasteiger partial charge in [0.15, 0.2) is 6.29 Å². The van der Waals surface area contributed by atoms with Gasteiger partial charge in [0.2, 0.25) is 0 Å². The van der Waals surface area contributed by atoms with E-state index in [1.807, 2.05) is 37.3 Å². The smallest absolute Gasteiger partial charge is 0.158 e. The van der Waals surface area contributed by atoms with E-state index < -0.39 is 0 Å². The first-order valence-corrected chi connectivity index (χ1v) is 10.7. The molecular weight excluding hydrogens is 395 g/mol. The van der Waals surface area contributed by atoms with Gasteiger partial charge in [-0.15, -0.1) is 0 Å². The summed E-state index contributed by atoms with van der Waals surface area (Å²) in [6.45, 7) is 4.63. The second kappa shape index (κ2) is 10.5. The Morgan fingerprint density at radius 3 is 2.57 bits per heavy atom. The Hall–Kier alpha value is -1.26. The van der Waals surface area contributed by atoms with Gasteiger partial charge >= 0.3 is 0 Å². The highest BCUT2D eigenvalue weighted by molar-refractivity contribution is 6.30. The molecule has 2 aromatic rings. The molecule has 0 spiro atoms. The predicted molar refractivity (Wildman–Crippen MR) is 115 cm³/mol. The van der Waals surface area contributed by atoms with E-state index in [2.05, 4.69) is 19.1 Å². The lowest BCUT2D eigenvalue weighted by Gasteiger charge is -2.31. The van der Waals surface area contributed by atoms with Crippen LogP contribution in [0.5, 0.6) is 5.75 Å². The minimum Gasteiger partial charge on any atom is -0.491 e. The summed E-state index contributed by atoms with van der Waals surface area (Å²) in [5, 5.41) is 1.49. The van der Waals surface area contributed by atoms with Crippen LogP contribution < -0.4 is 4.74 Å². The summed E-state index contributed by atoms with van der Waals surface area (Å²) < 4.78 is 18.2. The van der Waals surface area contributed by atoms with Crippen molar-refractivity contribution < 1.29 is 14.2 Å². The van der Waals surface area contributed by atoms with E-state index in [0.717, 1.165) is 53.5 Å². The topological polar surface area (TPSA) is 27.7 Å². The summed E-state index contributed by atoms with van der Waals surface area (Å²) in [5.74, 6) is 0.854. The average Bonchev–Trinajstić information content (AvgIpc) is 2.67. The Morgan fingerprint density at radius 2 is 1.82 bits per heavy atom. The van der Waals surface area contributed by atoms with E-state index in [4.69, 9.17) is 37.4 Å². The van der Waals surface area contributed by atoms with Crippen molar-refractivity contribution in [3.8, 4) is 5.75 Å². The minimum absolute atomic E-state index is 0.0530. The summed E-state index contributed by atoms with van der Waals surface area (Å²) in [6, 6.07) is 13.7. The van der Waals surface area contributed by atoms with E-state index in [9.17, 15) is 0 Å². The van der Waals surface area contributed by atoms with Crippen molar-refractivity contribution in [1.82, 2.24) is 0 Å². The molecule has 1 fully saturated rings. The van der Waals surface area contributed by atoms with E-state index in [1.54, 1.807) is 0 Å². The van der Waals surface area contributed by atoms with Crippen molar-refractivity contribution in [2.45, 2.75) is 64.4 Å². The molecule has 1 heterocycles. The maximum Gasteiger partial charge on any atom is 0.158 e. The van der Waals surface area contributed by atoms with Gasteiger partial charge in [0.25, 0.3) is 0 Å². The number of hydrogen-bond acceptors (Lipinski definition) is 3. The monoisotopic (exact) mass is 422 g/mol. The van der Waals surface area contributed by atoms with Gasteiger partial charge in [-0.1, -0.05) is 35.3 Å². The maximum absolute atomic E-state index is 6.14. The summed E-state index contributed by atoms with van der Waals surface area (Å²) in [4.78, 5) is 0. The van der Waals surface area contributed by atoms with Crippen molar-refractivity contribution >= 4 is 23.2 Å². The summed E-state index contributed by atoms with van der Waals surface area (Å²) in [7, 11) is 0. The predicted octanol–water partition coefficient (Wildman–Crippen LogP) is 6.61. The molecule has 0 bridgehead atoms. The van der Waals surface area contributed by atoms with Crippen molar-refractivity contribution in [1.29, 1.82) is 0 Å². The number of benzene rings is 2. The number of ether oxygens (including phenoxy) is 3. The largest absolute Gasteiger partial charge is 0.491 e. The van der Waals surface area contributed by atoms with Crippen LogP contribution in [0.2, 0.25) is 10.0 Å². The zero-order valence-corrected chi connectivity index (χ0v) is 18.0. The molecule has 0 amide bonds. The molecule has 1 saturated heterocycles. The Balaban J connectivity index is 1.41. The number of halogens is 2. The van der Waals surface area contributed by atoms with E-state index in [0.29, 0.717) is 6.61 Å². The lowest BCUT2D eigenvalue weighted by molar-refractivity contribution is -0.217. The van der Waals surface area contributed by atoms with Crippen LogP contribution in [0.3, 0.4) is 0 Å². The van der Waals surface area contributed by atoms with Crippen LogP contribution in [0.25, 0.3) is 0 Å². The Morgan fingerprint density at radius 1 is 1.07 bits per heavy atom. The van der Waals surface area contributed by atoms with Gasteiger partial charge in [-0.05, 0) is 87.4 Å². The molecule has 3 nitrogen and oxygen atoms in total. The molecule has 0 radical (unpaired) electrons. The molecule has 5 heteroatoms. The Labute approximate surface area is 177 Å². The lowest BCUT2D eigenvalue weighted by atomic mass is 10.1. The molecule has 0 N–H and O–H groups in total. The quantitative estimate of drug-likeness (QED) is 0.478. The SMILES string of the molecule is Cc1cc(Cl)ccc1OCC1CCCC(OC(C)CCc2ccc(Cl)cc2)O1. The fraction of sp³-hybridized carbons (Fsp3) is 0.478. The molecule has 0 aromatic heterocycles. The standard InChI is InChI=1S/C23H28Cl2O3/c1-16-14-20(25)12-13-22(16)26-15-21-4-3-5-23(28-21)27-17(2)6-7-18-8-10-19(24)11-9-18/h8-14,17,21,23H,3-7,15H2,1-2H3. The highest BCUT2D eigenvalue weighted by Gasteiger charge is 2.25. The number of hydrogen-bond donors (Lipinski definition) is 0. The van der Waals surface area contributed by atoms with Gasteiger partial charge in [0.05, 0.1) is 12.2 Å². The van der Waals surface area contributed by atoms with Crippen LogP contribution in [0, 0.1) is 6.92 Å². The fourth-order valence-corrected chi connectivity index (χ4v) is 3.74. The first-order chi connectivity index (χ1) is 13.5. The average molecular weight is 423 g/mol.